The Labute approximate surface area is 86.2 Å². The molecule has 0 spiro atoms. The quantitative estimate of drug-likeness (QED) is 0.637. The van der Waals surface area contributed by atoms with Crippen LogP contribution < -0.4 is 11.1 Å². The van der Waals surface area contributed by atoms with Crippen molar-refractivity contribution in [2.24, 2.45) is 5.73 Å². The molecule has 84 valence electrons. The van der Waals surface area contributed by atoms with Gasteiger partial charge in [-0.15, -0.1) is 0 Å². The van der Waals surface area contributed by atoms with Crippen LogP contribution in [0.5, 0.6) is 0 Å². The fourth-order valence-corrected chi connectivity index (χ4v) is 1.21. The Morgan fingerprint density at radius 2 is 2.14 bits per heavy atom. The zero-order chi connectivity index (χ0) is 11.0. The molecular formula is C10H22N2O2. The van der Waals surface area contributed by atoms with Gasteiger partial charge in [-0.2, -0.15) is 0 Å². The third kappa shape index (κ3) is 5.19. The summed E-state index contributed by atoms with van der Waals surface area (Å²) in [6.45, 7) is 4.57. The van der Waals surface area contributed by atoms with Crippen molar-refractivity contribution in [2.45, 2.75) is 45.2 Å². The van der Waals surface area contributed by atoms with E-state index in [1.807, 2.05) is 13.8 Å². The Bertz CT molecular complexity index is 162. The topological polar surface area (TPSA) is 64.4 Å². The van der Waals surface area contributed by atoms with Crippen molar-refractivity contribution in [3.05, 3.63) is 0 Å². The summed E-state index contributed by atoms with van der Waals surface area (Å²) in [5.74, 6) is -0.0734. The summed E-state index contributed by atoms with van der Waals surface area (Å²) in [5.41, 5.74) is 5.67. The number of carbonyl (C=O) groups is 1. The van der Waals surface area contributed by atoms with E-state index in [1.165, 1.54) is 0 Å². The molecule has 0 saturated heterocycles. The molecule has 0 aromatic rings. The van der Waals surface area contributed by atoms with Gasteiger partial charge in [0.2, 0.25) is 5.91 Å². The minimum absolute atomic E-state index is 0.0734. The third-order valence-electron chi connectivity index (χ3n) is 2.14. The molecule has 0 radical (unpaired) electrons. The summed E-state index contributed by atoms with van der Waals surface area (Å²) in [6.07, 6.45) is 2.52. The number of nitrogens with one attached hydrogen (secondary N) is 1. The molecule has 0 fully saturated rings. The van der Waals surface area contributed by atoms with Crippen LogP contribution in [0.25, 0.3) is 0 Å². The van der Waals surface area contributed by atoms with E-state index in [1.54, 1.807) is 7.11 Å². The number of methoxy groups -OCH3 is 1. The molecule has 3 N–H and O–H groups in total. The second kappa shape index (κ2) is 7.76. The predicted molar refractivity (Wildman–Crippen MR) is 57.0 cm³/mol. The fraction of sp³-hybridized carbons (Fsp3) is 0.900. The molecular weight excluding hydrogens is 180 g/mol. The number of rotatable bonds is 7. The van der Waals surface area contributed by atoms with E-state index in [0.29, 0.717) is 6.61 Å². The van der Waals surface area contributed by atoms with Gasteiger partial charge in [0.1, 0.15) is 0 Å². The van der Waals surface area contributed by atoms with Gasteiger partial charge >= 0.3 is 0 Å². The lowest BCUT2D eigenvalue weighted by molar-refractivity contribution is -0.123. The molecule has 4 heteroatoms. The molecule has 4 nitrogen and oxygen atoms in total. The second-order valence-electron chi connectivity index (χ2n) is 3.46. The first-order valence-electron chi connectivity index (χ1n) is 5.20. The van der Waals surface area contributed by atoms with Crippen LogP contribution in [0.2, 0.25) is 0 Å². The van der Waals surface area contributed by atoms with Crippen molar-refractivity contribution in [3.63, 3.8) is 0 Å². The van der Waals surface area contributed by atoms with Crippen molar-refractivity contribution < 1.29 is 9.53 Å². The van der Waals surface area contributed by atoms with Crippen LogP contribution in [0.4, 0.5) is 0 Å². The maximum atomic E-state index is 11.5. The van der Waals surface area contributed by atoms with Crippen LogP contribution in [0.15, 0.2) is 0 Å². The number of ether oxygens (including phenoxy) is 1. The first kappa shape index (κ1) is 13.4. The molecule has 0 bridgehead atoms. The Morgan fingerprint density at radius 1 is 1.50 bits per heavy atom. The van der Waals surface area contributed by atoms with Crippen molar-refractivity contribution >= 4 is 5.91 Å². The van der Waals surface area contributed by atoms with E-state index >= 15 is 0 Å². The predicted octanol–water partition coefficient (Wildman–Crippen LogP) is 0.655. The molecule has 0 aromatic heterocycles. The lowest BCUT2D eigenvalue weighted by Crippen LogP contribution is -2.46. The molecule has 0 saturated carbocycles. The van der Waals surface area contributed by atoms with Crippen molar-refractivity contribution in [2.75, 3.05) is 13.7 Å². The maximum Gasteiger partial charge on any atom is 0.237 e. The normalized spacial score (nSPS) is 14.9. The number of hydrogen-bond donors (Lipinski definition) is 2. The number of amides is 1. The van der Waals surface area contributed by atoms with Crippen LogP contribution in [0.1, 0.15) is 33.1 Å². The first-order valence-corrected chi connectivity index (χ1v) is 5.20. The number of hydrogen-bond acceptors (Lipinski definition) is 3. The van der Waals surface area contributed by atoms with Crippen LogP contribution in [-0.2, 0) is 9.53 Å². The van der Waals surface area contributed by atoms with Gasteiger partial charge in [0.05, 0.1) is 18.7 Å². The summed E-state index contributed by atoms with van der Waals surface area (Å²) < 4.78 is 4.98. The minimum Gasteiger partial charge on any atom is -0.383 e. The maximum absolute atomic E-state index is 11.5. The minimum atomic E-state index is -0.383. The second-order valence-corrected chi connectivity index (χ2v) is 3.46. The van der Waals surface area contributed by atoms with Gasteiger partial charge in [0, 0.05) is 7.11 Å². The van der Waals surface area contributed by atoms with Crippen LogP contribution in [0, 0.1) is 0 Å². The SMILES string of the molecule is CCC[C@@H](N)C(=O)NC(CC)COC. The van der Waals surface area contributed by atoms with E-state index in [-0.39, 0.29) is 18.0 Å². The van der Waals surface area contributed by atoms with Crippen LogP contribution >= 0.6 is 0 Å². The molecule has 0 heterocycles. The summed E-state index contributed by atoms with van der Waals surface area (Å²) >= 11 is 0. The molecule has 0 rings (SSSR count). The molecule has 0 aliphatic rings. The summed E-state index contributed by atoms with van der Waals surface area (Å²) in [6, 6.07) is -0.304. The first-order chi connectivity index (χ1) is 6.65. The average Bonchev–Trinajstić information content (AvgIpc) is 2.17. The Hall–Kier alpha value is -0.610. The average molecular weight is 202 g/mol. The largest absolute Gasteiger partial charge is 0.383 e. The number of carbonyl (C=O) groups excluding carboxylic acids is 1. The Morgan fingerprint density at radius 3 is 2.57 bits per heavy atom. The van der Waals surface area contributed by atoms with Gasteiger partial charge < -0.3 is 15.8 Å². The van der Waals surface area contributed by atoms with E-state index in [9.17, 15) is 4.79 Å². The van der Waals surface area contributed by atoms with Gasteiger partial charge in [-0.05, 0) is 12.8 Å². The zero-order valence-corrected chi connectivity index (χ0v) is 9.38. The molecule has 1 amide bonds. The van der Waals surface area contributed by atoms with Gasteiger partial charge in [-0.25, -0.2) is 0 Å². The zero-order valence-electron chi connectivity index (χ0n) is 9.38. The number of nitrogens with two attached hydrogens (primary N) is 1. The van der Waals surface area contributed by atoms with Crippen LogP contribution in [0.3, 0.4) is 0 Å². The molecule has 0 aliphatic carbocycles. The lowest BCUT2D eigenvalue weighted by atomic mass is 10.1. The van der Waals surface area contributed by atoms with E-state index in [2.05, 4.69) is 5.32 Å². The summed E-state index contributed by atoms with van der Waals surface area (Å²) in [5, 5.41) is 2.86. The molecule has 14 heavy (non-hydrogen) atoms. The van der Waals surface area contributed by atoms with Crippen molar-refractivity contribution in [3.8, 4) is 0 Å². The highest BCUT2D eigenvalue weighted by Crippen LogP contribution is 1.96. The van der Waals surface area contributed by atoms with Crippen molar-refractivity contribution in [1.82, 2.24) is 5.32 Å². The van der Waals surface area contributed by atoms with Gasteiger partial charge in [-0.3, -0.25) is 4.79 Å². The van der Waals surface area contributed by atoms with E-state index in [0.717, 1.165) is 19.3 Å². The highest BCUT2D eigenvalue weighted by atomic mass is 16.5. The highest BCUT2D eigenvalue weighted by molar-refractivity contribution is 5.81. The fourth-order valence-electron chi connectivity index (χ4n) is 1.21. The molecule has 0 aliphatic heterocycles. The lowest BCUT2D eigenvalue weighted by Gasteiger charge is -2.18. The monoisotopic (exact) mass is 202 g/mol. The van der Waals surface area contributed by atoms with Crippen LogP contribution in [-0.4, -0.2) is 31.7 Å². The standard InChI is InChI=1S/C10H22N2O2/c1-4-6-9(11)10(13)12-8(5-2)7-14-3/h8-9H,4-7,11H2,1-3H3,(H,12,13)/t8?,9-/m1/s1. The smallest absolute Gasteiger partial charge is 0.237 e. The van der Waals surface area contributed by atoms with Gasteiger partial charge in [-0.1, -0.05) is 20.3 Å². The Kier molecular flexibility index (Phi) is 7.42. The van der Waals surface area contributed by atoms with Crippen molar-refractivity contribution in [1.29, 1.82) is 0 Å². The molecule has 2 atom stereocenters. The van der Waals surface area contributed by atoms with Gasteiger partial charge in [0.15, 0.2) is 0 Å². The summed E-state index contributed by atoms with van der Waals surface area (Å²) in [4.78, 5) is 11.5. The van der Waals surface area contributed by atoms with E-state index < -0.39 is 0 Å². The summed E-state index contributed by atoms with van der Waals surface area (Å²) in [7, 11) is 1.63. The van der Waals surface area contributed by atoms with E-state index in [4.69, 9.17) is 10.5 Å². The van der Waals surface area contributed by atoms with Gasteiger partial charge in [0.25, 0.3) is 0 Å². The Balaban J connectivity index is 3.88. The highest BCUT2D eigenvalue weighted by Gasteiger charge is 2.15. The third-order valence-corrected chi connectivity index (χ3v) is 2.14. The molecule has 1 unspecified atom stereocenters. The molecule has 0 aromatic carbocycles.